The average molecular weight is 207 g/mol. The Morgan fingerprint density at radius 2 is 2.15 bits per heavy atom. The van der Waals surface area contributed by atoms with Gasteiger partial charge < -0.3 is 9.90 Å². The molecule has 0 bridgehead atoms. The number of carbonyl (C=O) groups excluding carboxylic acids is 1. The zero-order chi connectivity index (χ0) is 10.0. The van der Waals surface area contributed by atoms with Gasteiger partial charge in [-0.1, -0.05) is 11.6 Å². The maximum atomic E-state index is 12.9. The molecule has 0 aliphatic heterocycles. The van der Waals surface area contributed by atoms with Crippen LogP contribution >= 0.6 is 11.6 Å². The third kappa shape index (κ3) is 1.78. The highest BCUT2D eigenvalue weighted by Gasteiger charge is 2.16. The van der Waals surface area contributed by atoms with E-state index in [2.05, 4.69) is 0 Å². The topological polar surface area (TPSA) is 37.3 Å². The fraction of sp³-hybridized carbons (Fsp3) is 0.125. The van der Waals surface area contributed by atoms with Crippen LogP contribution in [0.25, 0.3) is 0 Å². The Kier molecular flexibility index (Phi) is 2.83. The van der Waals surface area contributed by atoms with Crippen LogP contribution in [0.2, 0.25) is 5.02 Å². The second-order valence-corrected chi connectivity index (χ2v) is 2.76. The third-order valence-electron chi connectivity index (χ3n) is 1.53. The number of benzene rings is 1. The normalized spacial score (nSPS) is 10.1. The molecule has 0 fully saturated rings. The number of carbonyl (C=O) groups is 1. The molecule has 0 amide bonds. The molecule has 1 rings (SSSR count). The van der Waals surface area contributed by atoms with Gasteiger partial charge in [0.05, 0.1) is 5.02 Å². The molecule has 0 heterocycles. The SMILES string of the molecule is O=CCc1c(O)c(Cl)cc(F)c1F. The molecule has 0 saturated heterocycles. The number of aromatic hydroxyl groups is 1. The number of phenolic OH excluding ortho intramolecular Hbond substituents is 1. The fourth-order valence-electron chi connectivity index (χ4n) is 0.905. The van der Waals surface area contributed by atoms with Gasteiger partial charge in [-0.05, 0) is 6.07 Å². The quantitative estimate of drug-likeness (QED) is 0.594. The van der Waals surface area contributed by atoms with E-state index in [1.807, 2.05) is 0 Å². The molecule has 2 nitrogen and oxygen atoms in total. The summed E-state index contributed by atoms with van der Waals surface area (Å²) in [6.07, 6.45) is -0.0525. The first-order valence-electron chi connectivity index (χ1n) is 3.37. The lowest BCUT2D eigenvalue weighted by atomic mass is 10.1. The average Bonchev–Trinajstić information content (AvgIpc) is 2.09. The van der Waals surface area contributed by atoms with Gasteiger partial charge in [0.1, 0.15) is 12.0 Å². The van der Waals surface area contributed by atoms with E-state index >= 15 is 0 Å². The van der Waals surface area contributed by atoms with Crippen LogP contribution in [0.15, 0.2) is 6.07 Å². The summed E-state index contributed by atoms with van der Waals surface area (Å²) in [5.41, 5.74) is -0.417. The van der Waals surface area contributed by atoms with Crippen LogP contribution in [0.1, 0.15) is 5.56 Å². The van der Waals surface area contributed by atoms with Crippen molar-refractivity contribution in [2.75, 3.05) is 0 Å². The molecule has 0 aromatic heterocycles. The van der Waals surface area contributed by atoms with Crippen molar-refractivity contribution in [2.45, 2.75) is 6.42 Å². The van der Waals surface area contributed by atoms with Crippen molar-refractivity contribution in [1.29, 1.82) is 0 Å². The maximum absolute atomic E-state index is 12.9. The van der Waals surface area contributed by atoms with Gasteiger partial charge in [0.15, 0.2) is 11.6 Å². The van der Waals surface area contributed by atoms with Crippen LogP contribution in [-0.2, 0) is 11.2 Å². The first kappa shape index (κ1) is 9.92. The lowest BCUT2D eigenvalue weighted by molar-refractivity contribution is -0.107. The van der Waals surface area contributed by atoms with Crippen LogP contribution in [0.5, 0.6) is 5.75 Å². The minimum atomic E-state index is -1.24. The highest BCUT2D eigenvalue weighted by molar-refractivity contribution is 6.32. The number of phenols is 1. The molecule has 5 heteroatoms. The van der Waals surface area contributed by atoms with Crippen molar-refractivity contribution in [3.63, 3.8) is 0 Å². The highest BCUT2D eigenvalue weighted by atomic mass is 35.5. The van der Waals surface area contributed by atoms with E-state index in [9.17, 15) is 13.6 Å². The maximum Gasteiger partial charge on any atom is 0.166 e. The van der Waals surface area contributed by atoms with Gasteiger partial charge in [-0.15, -0.1) is 0 Å². The predicted molar refractivity (Wildman–Crippen MR) is 42.8 cm³/mol. The Morgan fingerprint density at radius 1 is 1.54 bits per heavy atom. The largest absolute Gasteiger partial charge is 0.506 e. The van der Waals surface area contributed by atoms with Crippen LogP contribution < -0.4 is 0 Å². The lowest BCUT2D eigenvalue weighted by Crippen LogP contribution is -1.96. The van der Waals surface area contributed by atoms with Gasteiger partial charge in [0.25, 0.3) is 0 Å². The van der Waals surface area contributed by atoms with Gasteiger partial charge in [0, 0.05) is 12.0 Å². The van der Waals surface area contributed by atoms with Gasteiger partial charge >= 0.3 is 0 Å². The molecule has 0 atom stereocenters. The van der Waals surface area contributed by atoms with Crippen LogP contribution in [0.3, 0.4) is 0 Å². The number of hydrogen-bond donors (Lipinski definition) is 1. The lowest BCUT2D eigenvalue weighted by Gasteiger charge is -2.04. The van der Waals surface area contributed by atoms with E-state index in [1.54, 1.807) is 0 Å². The van der Waals surface area contributed by atoms with Gasteiger partial charge in [-0.25, -0.2) is 8.78 Å². The summed E-state index contributed by atoms with van der Waals surface area (Å²) in [7, 11) is 0. The Balaban J connectivity index is 3.36. The molecule has 0 radical (unpaired) electrons. The molecule has 70 valence electrons. The molecule has 13 heavy (non-hydrogen) atoms. The molecule has 1 N–H and O–H groups in total. The predicted octanol–water partition coefficient (Wildman–Crippen LogP) is 2.07. The van der Waals surface area contributed by atoms with Gasteiger partial charge in [-0.2, -0.15) is 0 Å². The smallest absolute Gasteiger partial charge is 0.166 e. The number of aldehydes is 1. The number of halogens is 3. The molecule has 0 aliphatic rings. The summed E-state index contributed by atoms with van der Waals surface area (Å²) in [5, 5.41) is 8.83. The van der Waals surface area contributed by atoms with E-state index in [1.165, 1.54) is 0 Å². The summed E-state index contributed by atoms with van der Waals surface area (Å²) >= 11 is 5.35. The van der Waals surface area contributed by atoms with Crippen LogP contribution in [0.4, 0.5) is 8.78 Å². The van der Waals surface area contributed by atoms with E-state index in [0.29, 0.717) is 12.4 Å². The second-order valence-electron chi connectivity index (χ2n) is 2.35. The number of hydrogen-bond acceptors (Lipinski definition) is 2. The molecule has 1 aromatic carbocycles. The van der Waals surface area contributed by atoms with Crippen molar-refractivity contribution < 1.29 is 18.7 Å². The Bertz CT molecular complexity index is 326. The van der Waals surface area contributed by atoms with Crippen molar-refractivity contribution in [3.05, 3.63) is 28.3 Å². The van der Waals surface area contributed by atoms with Gasteiger partial charge in [-0.3, -0.25) is 0 Å². The molecule has 1 aromatic rings. The summed E-state index contributed by atoms with van der Waals surface area (Å²) in [6.45, 7) is 0. The van der Waals surface area contributed by atoms with Crippen LogP contribution in [-0.4, -0.2) is 11.4 Å². The zero-order valence-corrected chi connectivity index (χ0v) is 7.11. The van der Waals surface area contributed by atoms with E-state index in [0.717, 1.165) is 0 Å². The Hall–Kier alpha value is -1.16. The minimum Gasteiger partial charge on any atom is -0.506 e. The van der Waals surface area contributed by atoms with Crippen LogP contribution in [0, 0.1) is 11.6 Å². The second kappa shape index (κ2) is 3.70. The summed E-state index contributed by atoms with van der Waals surface area (Å²) < 4.78 is 25.5. The third-order valence-corrected chi connectivity index (χ3v) is 1.82. The Labute approximate surface area is 77.8 Å². The molecular weight excluding hydrogens is 202 g/mol. The van der Waals surface area contributed by atoms with Crippen molar-refractivity contribution in [1.82, 2.24) is 0 Å². The number of rotatable bonds is 2. The monoisotopic (exact) mass is 206 g/mol. The molecule has 0 aliphatic carbocycles. The van der Waals surface area contributed by atoms with E-state index in [-0.39, 0.29) is 5.02 Å². The molecule has 0 unspecified atom stereocenters. The van der Waals surface area contributed by atoms with E-state index < -0.39 is 29.4 Å². The molecule has 0 spiro atoms. The minimum absolute atomic E-state index is 0.309. The summed E-state index contributed by atoms with van der Waals surface area (Å²) in [4.78, 5) is 10.1. The van der Waals surface area contributed by atoms with Crippen molar-refractivity contribution >= 4 is 17.9 Å². The molecule has 0 saturated carbocycles. The standard InChI is InChI=1S/C8H5ClF2O2/c9-5-3-6(10)7(11)4(1-2-12)8(5)13/h2-3,13H,1H2. The zero-order valence-electron chi connectivity index (χ0n) is 6.35. The molecular formula is C8H5ClF2O2. The summed E-state index contributed by atoms with van der Waals surface area (Å²) in [6, 6.07) is 0.653. The Morgan fingerprint density at radius 3 is 2.69 bits per heavy atom. The summed E-state index contributed by atoms with van der Waals surface area (Å²) in [5.74, 6) is -3.01. The first-order valence-corrected chi connectivity index (χ1v) is 3.74. The fourth-order valence-corrected chi connectivity index (χ4v) is 1.11. The highest BCUT2D eigenvalue weighted by Crippen LogP contribution is 2.31. The van der Waals surface area contributed by atoms with Crippen molar-refractivity contribution in [2.24, 2.45) is 0 Å². The first-order chi connectivity index (χ1) is 6.07. The van der Waals surface area contributed by atoms with Gasteiger partial charge in [0.2, 0.25) is 0 Å². The van der Waals surface area contributed by atoms with Crippen molar-refractivity contribution in [3.8, 4) is 5.75 Å². The van der Waals surface area contributed by atoms with E-state index in [4.69, 9.17) is 16.7 Å².